The molecule has 0 aliphatic heterocycles. The molecule has 1 saturated carbocycles. The summed E-state index contributed by atoms with van der Waals surface area (Å²) in [4.78, 5) is 5.56. The molecule has 1 aromatic heterocycles. The summed E-state index contributed by atoms with van der Waals surface area (Å²) in [6.07, 6.45) is 8.37. The molecular weight excluding hydrogens is 244 g/mol. The van der Waals surface area contributed by atoms with E-state index in [1.807, 2.05) is 11.7 Å². The minimum absolute atomic E-state index is 0.0780. The van der Waals surface area contributed by atoms with E-state index in [4.69, 9.17) is 0 Å². The van der Waals surface area contributed by atoms with Crippen molar-refractivity contribution < 1.29 is 5.11 Å². The predicted molar refractivity (Wildman–Crippen MR) is 75.9 cm³/mol. The molecular formula is C14H24N2OS. The Kier molecular flexibility index (Phi) is 5.15. The van der Waals surface area contributed by atoms with Crippen molar-refractivity contribution in [2.75, 3.05) is 13.1 Å². The zero-order chi connectivity index (χ0) is 12.8. The molecule has 0 radical (unpaired) electrons. The van der Waals surface area contributed by atoms with Gasteiger partial charge in [0.2, 0.25) is 0 Å². The largest absolute Gasteiger partial charge is 0.393 e. The Morgan fingerprint density at radius 1 is 1.50 bits per heavy atom. The maximum atomic E-state index is 9.71. The first-order valence-electron chi connectivity index (χ1n) is 7.00. The summed E-state index contributed by atoms with van der Waals surface area (Å²) in [7, 11) is 0. The number of aromatic nitrogens is 1. The fraction of sp³-hybridized carbons (Fsp3) is 0.786. The highest BCUT2D eigenvalue weighted by Crippen LogP contribution is 2.39. The van der Waals surface area contributed by atoms with Crippen LogP contribution in [0.5, 0.6) is 0 Å². The van der Waals surface area contributed by atoms with Gasteiger partial charge in [-0.2, -0.15) is 0 Å². The van der Waals surface area contributed by atoms with Crippen LogP contribution >= 0.6 is 11.3 Å². The van der Waals surface area contributed by atoms with Crippen LogP contribution in [0.25, 0.3) is 0 Å². The van der Waals surface area contributed by atoms with Gasteiger partial charge in [-0.05, 0) is 50.5 Å². The Balaban J connectivity index is 1.97. The molecule has 2 rings (SSSR count). The Hall–Kier alpha value is -0.450. The van der Waals surface area contributed by atoms with Crippen molar-refractivity contribution in [1.82, 2.24) is 10.3 Å². The molecule has 1 aromatic rings. The number of aliphatic hydroxyl groups excluding tert-OH is 1. The first kappa shape index (κ1) is 14.0. The number of nitrogens with one attached hydrogen (secondary N) is 1. The minimum atomic E-state index is -0.0780. The van der Waals surface area contributed by atoms with Crippen molar-refractivity contribution >= 4 is 11.3 Å². The molecule has 1 aliphatic rings. The second-order valence-corrected chi connectivity index (χ2v) is 6.52. The highest BCUT2D eigenvalue weighted by atomic mass is 32.1. The van der Waals surface area contributed by atoms with Crippen LogP contribution in [0.4, 0.5) is 0 Å². The molecule has 0 unspecified atom stereocenters. The van der Waals surface area contributed by atoms with Gasteiger partial charge in [0.15, 0.2) is 0 Å². The number of nitrogens with zero attached hydrogens (tertiary/aromatic N) is 1. The summed E-state index contributed by atoms with van der Waals surface area (Å²) in [5.74, 6) is 0. The predicted octanol–water partition coefficient (Wildman–Crippen LogP) is 2.61. The molecule has 0 atom stereocenters. The van der Waals surface area contributed by atoms with E-state index in [2.05, 4.69) is 17.2 Å². The maximum absolute atomic E-state index is 9.71. The lowest BCUT2D eigenvalue weighted by atomic mass is 9.70. The van der Waals surface area contributed by atoms with Gasteiger partial charge in [0.1, 0.15) is 0 Å². The highest BCUT2D eigenvalue weighted by molar-refractivity contribution is 7.09. The molecule has 0 amide bonds. The van der Waals surface area contributed by atoms with Gasteiger partial charge in [-0.15, -0.1) is 11.3 Å². The summed E-state index contributed by atoms with van der Waals surface area (Å²) in [5, 5.41) is 13.3. The average Bonchev–Trinajstić information content (AvgIpc) is 2.86. The molecule has 18 heavy (non-hydrogen) atoms. The summed E-state index contributed by atoms with van der Waals surface area (Å²) in [5.41, 5.74) is 2.25. The Morgan fingerprint density at radius 3 is 2.89 bits per heavy atom. The summed E-state index contributed by atoms with van der Waals surface area (Å²) >= 11 is 1.75. The SMILES string of the molecule is CCCNCC1(Cc2cncs2)CCC(O)CC1. The van der Waals surface area contributed by atoms with Crippen molar-refractivity contribution in [1.29, 1.82) is 0 Å². The van der Waals surface area contributed by atoms with Gasteiger partial charge in [0.25, 0.3) is 0 Å². The van der Waals surface area contributed by atoms with Gasteiger partial charge in [0, 0.05) is 17.6 Å². The summed E-state index contributed by atoms with van der Waals surface area (Å²) in [6.45, 7) is 4.37. The number of aliphatic hydroxyl groups is 1. The van der Waals surface area contributed by atoms with Crippen molar-refractivity contribution in [2.45, 2.75) is 51.6 Å². The highest BCUT2D eigenvalue weighted by Gasteiger charge is 2.34. The Morgan fingerprint density at radius 2 is 2.28 bits per heavy atom. The van der Waals surface area contributed by atoms with E-state index < -0.39 is 0 Å². The smallest absolute Gasteiger partial charge is 0.0794 e. The number of thiazole rings is 1. The molecule has 4 heteroatoms. The molecule has 102 valence electrons. The fourth-order valence-electron chi connectivity index (χ4n) is 2.86. The van der Waals surface area contributed by atoms with Crippen LogP contribution < -0.4 is 5.32 Å². The van der Waals surface area contributed by atoms with E-state index in [-0.39, 0.29) is 6.10 Å². The molecule has 0 spiro atoms. The van der Waals surface area contributed by atoms with Gasteiger partial charge in [-0.3, -0.25) is 4.98 Å². The second kappa shape index (κ2) is 6.64. The Labute approximate surface area is 114 Å². The van der Waals surface area contributed by atoms with Crippen LogP contribution in [0, 0.1) is 5.41 Å². The van der Waals surface area contributed by atoms with Crippen LogP contribution in [0.3, 0.4) is 0 Å². The van der Waals surface area contributed by atoms with Gasteiger partial charge in [0.05, 0.1) is 11.6 Å². The number of rotatable bonds is 6. The van der Waals surface area contributed by atoms with Crippen molar-refractivity contribution in [2.24, 2.45) is 5.41 Å². The Bertz CT molecular complexity index is 332. The van der Waals surface area contributed by atoms with E-state index >= 15 is 0 Å². The maximum Gasteiger partial charge on any atom is 0.0794 e. The molecule has 1 fully saturated rings. The van der Waals surface area contributed by atoms with E-state index in [9.17, 15) is 5.11 Å². The van der Waals surface area contributed by atoms with Gasteiger partial charge < -0.3 is 10.4 Å². The number of hydrogen-bond acceptors (Lipinski definition) is 4. The summed E-state index contributed by atoms with van der Waals surface area (Å²) < 4.78 is 0. The van der Waals surface area contributed by atoms with E-state index in [0.29, 0.717) is 5.41 Å². The molecule has 3 nitrogen and oxygen atoms in total. The lowest BCUT2D eigenvalue weighted by Gasteiger charge is -2.39. The van der Waals surface area contributed by atoms with Crippen molar-refractivity contribution in [3.63, 3.8) is 0 Å². The molecule has 0 bridgehead atoms. The quantitative estimate of drug-likeness (QED) is 0.780. The van der Waals surface area contributed by atoms with E-state index in [1.165, 1.54) is 11.3 Å². The molecule has 1 aliphatic carbocycles. The molecule has 1 heterocycles. The first-order valence-corrected chi connectivity index (χ1v) is 7.88. The zero-order valence-corrected chi connectivity index (χ0v) is 12.0. The zero-order valence-electron chi connectivity index (χ0n) is 11.2. The average molecular weight is 268 g/mol. The van der Waals surface area contributed by atoms with E-state index in [1.54, 1.807) is 11.3 Å². The normalized spacial score (nSPS) is 28.4. The molecule has 0 aromatic carbocycles. The summed E-state index contributed by atoms with van der Waals surface area (Å²) in [6, 6.07) is 0. The van der Waals surface area contributed by atoms with Gasteiger partial charge in [-0.25, -0.2) is 0 Å². The third-order valence-electron chi connectivity index (χ3n) is 3.98. The topological polar surface area (TPSA) is 45.2 Å². The van der Waals surface area contributed by atoms with Crippen LogP contribution in [0.15, 0.2) is 11.7 Å². The van der Waals surface area contributed by atoms with Crippen LogP contribution in [-0.2, 0) is 6.42 Å². The minimum Gasteiger partial charge on any atom is -0.393 e. The lowest BCUT2D eigenvalue weighted by molar-refractivity contribution is 0.0623. The van der Waals surface area contributed by atoms with Crippen molar-refractivity contribution in [3.05, 3.63) is 16.6 Å². The molecule has 2 N–H and O–H groups in total. The molecule has 0 saturated heterocycles. The first-order chi connectivity index (χ1) is 8.74. The standard InChI is InChI=1S/C14H24N2OS/c1-2-7-15-10-14(5-3-12(17)4-6-14)8-13-9-16-11-18-13/h9,11-12,15,17H,2-8,10H2,1H3. The van der Waals surface area contributed by atoms with E-state index in [0.717, 1.165) is 45.2 Å². The van der Waals surface area contributed by atoms with Gasteiger partial charge >= 0.3 is 0 Å². The van der Waals surface area contributed by atoms with Crippen LogP contribution in [0.2, 0.25) is 0 Å². The van der Waals surface area contributed by atoms with Gasteiger partial charge in [-0.1, -0.05) is 6.92 Å². The second-order valence-electron chi connectivity index (χ2n) is 5.55. The third kappa shape index (κ3) is 3.77. The third-order valence-corrected chi connectivity index (χ3v) is 4.75. The van der Waals surface area contributed by atoms with Crippen LogP contribution in [-0.4, -0.2) is 29.3 Å². The van der Waals surface area contributed by atoms with Crippen LogP contribution in [0.1, 0.15) is 43.9 Å². The number of hydrogen-bond donors (Lipinski definition) is 2. The van der Waals surface area contributed by atoms with Crippen molar-refractivity contribution in [3.8, 4) is 0 Å². The lowest BCUT2D eigenvalue weighted by Crippen LogP contribution is -2.40. The monoisotopic (exact) mass is 268 g/mol. The fourth-order valence-corrected chi connectivity index (χ4v) is 3.63.